The fourth-order valence-corrected chi connectivity index (χ4v) is 3.34. The summed E-state index contributed by atoms with van der Waals surface area (Å²) in [4.78, 5) is 28.6. The lowest BCUT2D eigenvalue weighted by Gasteiger charge is -2.02. The number of phenols is 1. The van der Waals surface area contributed by atoms with Crippen LogP contribution in [0, 0.1) is 0 Å². The molecule has 3 heterocycles. The Morgan fingerprint density at radius 1 is 1.39 bits per heavy atom. The van der Waals surface area contributed by atoms with Crippen molar-refractivity contribution in [2.75, 3.05) is 5.32 Å². The highest BCUT2D eigenvalue weighted by Gasteiger charge is 2.18. The van der Waals surface area contributed by atoms with Gasteiger partial charge in [-0.05, 0) is 28.6 Å². The number of anilines is 1. The predicted molar refractivity (Wildman–Crippen MR) is 80.6 cm³/mol. The van der Waals surface area contributed by atoms with E-state index < -0.39 is 11.6 Å². The first-order valence-corrected chi connectivity index (χ1v) is 7.13. The maximum atomic E-state index is 12.4. The van der Waals surface area contributed by atoms with Crippen LogP contribution in [0.15, 0.2) is 29.2 Å². The van der Waals surface area contributed by atoms with E-state index >= 15 is 0 Å². The van der Waals surface area contributed by atoms with Gasteiger partial charge in [0, 0.05) is 6.20 Å². The summed E-state index contributed by atoms with van der Waals surface area (Å²) in [5.41, 5.74) is 0.257. The molecule has 0 unspecified atom stereocenters. The molecule has 10 nitrogen and oxygen atoms in total. The molecule has 0 bridgehead atoms. The molecule has 11 heteroatoms. The molecule has 1 aromatic carbocycles. The molecule has 114 valence electrons. The summed E-state index contributed by atoms with van der Waals surface area (Å²) in [5, 5.41) is 24.7. The zero-order valence-corrected chi connectivity index (χ0v) is 12.0. The molecule has 4 aromatic rings. The first kappa shape index (κ1) is 13.3. The third-order valence-electron chi connectivity index (χ3n) is 3.14. The molecule has 3 N–H and O–H groups in total. The molecule has 0 fully saturated rings. The van der Waals surface area contributed by atoms with Crippen molar-refractivity contribution in [1.29, 1.82) is 0 Å². The van der Waals surface area contributed by atoms with Gasteiger partial charge in [-0.1, -0.05) is 5.10 Å². The quantitative estimate of drug-likeness (QED) is 0.483. The zero-order chi connectivity index (χ0) is 16.0. The maximum Gasteiger partial charge on any atom is 0.353 e. The number of rotatable bonds is 2. The van der Waals surface area contributed by atoms with Crippen LogP contribution in [0.1, 0.15) is 10.4 Å². The van der Waals surface area contributed by atoms with Gasteiger partial charge >= 0.3 is 5.69 Å². The summed E-state index contributed by atoms with van der Waals surface area (Å²) in [7, 11) is 0. The normalized spacial score (nSPS) is 11.1. The Kier molecular flexibility index (Phi) is 2.81. The number of hydrogen-bond acceptors (Lipinski definition) is 8. The number of aromatic amines is 1. The van der Waals surface area contributed by atoms with Crippen LogP contribution in [0.4, 0.5) is 5.95 Å². The van der Waals surface area contributed by atoms with Crippen LogP contribution in [0.25, 0.3) is 15.0 Å². The number of tetrazole rings is 1. The second-order valence-corrected chi connectivity index (χ2v) is 5.58. The number of H-pyrrole nitrogens is 1. The number of aromatic hydroxyl groups is 1. The molecule has 23 heavy (non-hydrogen) atoms. The van der Waals surface area contributed by atoms with Crippen molar-refractivity contribution >= 4 is 38.2 Å². The van der Waals surface area contributed by atoms with E-state index in [-0.39, 0.29) is 17.3 Å². The highest BCUT2D eigenvalue weighted by molar-refractivity contribution is 7.24. The number of benzene rings is 1. The number of carbonyl (C=O) groups excluding carboxylic acids is 1. The minimum atomic E-state index is -0.510. The number of nitrogens with zero attached hydrogens (tertiary/aromatic N) is 5. The van der Waals surface area contributed by atoms with Crippen molar-refractivity contribution in [1.82, 2.24) is 30.0 Å². The molecule has 0 aliphatic rings. The van der Waals surface area contributed by atoms with Crippen LogP contribution in [0.3, 0.4) is 0 Å². The SMILES string of the molecule is O=C(Nc1nnn[nH]1)c1cnc(=O)n2c1sc1cc(O)ccc12. The van der Waals surface area contributed by atoms with E-state index in [2.05, 4.69) is 30.9 Å². The molecule has 0 saturated carbocycles. The van der Waals surface area contributed by atoms with E-state index in [0.717, 1.165) is 0 Å². The molecular formula is C12H7N7O3S. The van der Waals surface area contributed by atoms with Crippen LogP contribution in [-0.2, 0) is 0 Å². The largest absolute Gasteiger partial charge is 0.508 e. The van der Waals surface area contributed by atoms with E-state index in [9.17, 15) is 14.7 Å². The Morgan fingerprint density at radius 2 is 2.26 bits per heavy atom. The van der Waals surface area contributed by atoms with Crippen molar-refractivity contribution < 1.29 is 9.90 Å². The number of hydrogen-bond donors (Lipinski definition) is 3. The highest BCUT2D eigenvalue weighted by atomic mass is 32.1. The number of carbonyl (C=O) groups is 1. The number of nitrogens with one attached hydrogen (secondary N) is 2. The molecule has 0 atom stereocenters. The molecule has 0 aliphatic heterocycles. The van der Waals surface area contributed by atoms with Crippen LogP contribution in [0.2, 0.25) is 0 Å². The standard InChI is InChI=1S/C12H7N7O3S/c20-5-1-2-7-8(3-5)23-10-6(4-13-12(22)19(7)10)9(21)14-11-15-17-18-16-11/h1-4,20H,(H2,14,15,16,17,18,21). The van der Waals surface area contributed by atoms with E-state index in [1.807, 2.05) is 0 Å². The fourth-order valence-electron chi connectivity index (χ4n) is 2.17. The van der Waals surface area contributed by atoms with E-state index in [0.29, 0.717) is 15.0 Å². The molecule has 3 aromatic heterocycles. The Hall–Kier alpha value is -3.34. The second-order valence-electron chi connectivity index (χ2n) is 4.55. The zero-order valence-electron chi connectivity index (χ0n) is 11.2. The van der Waals surface area contributed by atoms with Crippen LogP contribution < -0.4 is 11.0 Å². The third kappa shape index (κ3) is 2.10. The summed E-state index contributed by atoms with van der Waals surface area (Å²) in [6.07, 6.45) is 1.20. The molecular weight excluding hydrogens is 322 g/mol. The number of amides is 1. The van der Waals surface area contributed by atoms with Crippen molar-refractivity contribution in [3.8, 4) is 5.75 Å². The van der Waals surface area contributed by atoms with Gasteiger partial charge in [0.15, 0.2) is 0 Å². The summed E-state index contributed by atoms with van der Waals surface area (Å²) in [6, 6.07) is 4.58. The van der Waals surface area contributed by atoms with E-state index in [4.69, 9.17) is 0 Å². The second kappa shape index (κ2) is 4.84. The van der Waals surface area contributed by atoms with Gasteiger partial charge in [-0.2, -0.15) is 0 Å². The Bertz CT molecular complexity index is 1100. The summed E-state index contributed by atoms with van der Waals surface area (Å²) < 4.78 is 1.98. The summed E-state index contributed by atoms with van der Waals surface area (Å²) >= 11 is 1.20. The van der Waals surface area contributed by atoms with Crippen LogP contribution in [0.5, 0.6) is 5.75 Å². The number of phenolic OH excluding ortho intramolecular Hbond substituents is 1. The molecule has 0 saturated heterocycles. The third-order valence-corrected chi connectivity index (χ3v) is 4.28. The molecule has 4 rings (SSSR count). The smallest absolute Gasteiger partial charge is 0.353 e. The number of aromatic nitrogens is 6. The van der Waals surface area contributed by atoms with Crippen molar-refractivity contribution in [3.05, 3.63) is 40.4 Å². The first-order valence-electron chi connectivity index (χ1n) is 6.32. The maximum absolute atomic E-state index is 12.4. The van der Waals surface area contributed by atoms with Crippen LogP contribution in [-0.4, -0.2) is 41.0 Å². The average molecular weight is 329 g/mol. The average Bonchev–Trinajstić information content (AvgIpc) is 3.14. The first-order chi connectivity index (χ1) is 11.1. The van der Waals surface area contributed by atoms with Gasteiger partial charge in [0.05, 0.1) is 15.8 Å². The van der Waals surface area contributed by atoms with Gasteiger partial charge in [0.25, 0.3) is 5.91 Å². The molecule has 0 aliphatic carbocycles. The van der Waals surface area contributed by atoms with Crippen molar-refractivity contribution in [3.63, 3.8) is 0 Å². The van der Waals surface area contributed by atoms with Gasteiger partial charge in [-0.15, -0.1) is 11.3 Å². The Morgan fingerprint density at radius 3 is 3.04 bits per heavy atom. The number of fused-ring (bicyclic) bond motifs is 3. The van der Waals surface area contributed by atoms with Crippen molar-refractivity contribution in [2.45, 2.75) is 0 Å². The molecule has 0 radical (unpaired) electrons. The lowest BCUT2D eigenvalue weighted by molar-refractivity contribution is 0.102. The minimum absolute atomic E-state index is 0.0730. The minimum Gasteiger partial charge on any atom is -0.508 e. The summed E-state index contributed by atoms with van der Waals surface area (Å²) in [6.45, 7) is 0. The Labute approximate surface area is 130 Å². The highest BCUT2D eigenvalue weighted by Crippen LogP contribution is 2.29. The van der Waals surface area contributed by atoms with Gasteiger partial charge < -0.3 is 5.11 Å². The van der Waals surface area contributed by atoms with Gasteiger partial charge in [-0.3, -0.25) is 10.1 Å². The van der Waals surface area contributed by atoms with Crippen molar-refractivity contribution in [2.24, 2.45) is 0 Å². The Balaban J connectivity index is 1.94. The lowest BCUT2D eigenvalue weighted by Crippen LogP contribution is -2.21. The van der Waals surface area contributed by atoms with E-state index in [1.54, 1.807) is 6.07 Å². The van der Waals surface area contributed by atoms with Gasteiger partial charge in [0.2, 0.25) is 5.95 Å². The van der Waals surface area contributed by atoms with E-state index in [1.165, 1.54) is 34.1 Å². The lowest BCUT2D eigenvalue weighted by atomic mass is 10.3. The molecule has 1 amide bonds. The number of thiazole rings is 1. The molecule has 0 spiro atoms. The topological polar surface area (TPSA) is 138 Å². The summed E-state index contributed by atoms with van der Waals surface area (Å²) in [5.74, 6) is -0.355. The van der Waals surface area contributed by atoms with Crippen LogP contribution >= 0.6 is 11.3 Å². The monoisotopic (exact) mass is 329 g/mol. The fraction of sp³-hybridized carbons (Fsp3) is 0. The predicted octanol–water partition coefficient (Wildman–Crippen LogP) is 0.380. The van der Waals surface area contributed by atoms with Gasteiger partial charge in [0.1, 0.15) is 10.6 Å². The van der Waals surface area contributed by atoms with Gasteiger partial charge in [-0.25, -0.2) is 19.3 Å².